The molecule has 0 radical (unpaired) electrons. The predicted molar refractivity (Wildman–Crippen MR) is 120 cm³/mol. The lowest BCUT2D eigenvalue weighted by Gasteiger charge is -2.20. The van der Waals surface area contributed by atoms with E-state index < -0.39 is 38.4 Å². The average Bonchev–Trinajstić information content (AvgIpc) is 3.01. The maximum Gasteiger partial charge on any atom is 0.416 e. The average molecular weight is 529 g/mol. The van der Waals surface area contributed by atoms with Crippen molar-refractivity contribution >= 4 is 33.2 Å². The van der Waals surface area contributed by atoms with E-state index in [1.54, 1.807) is 0 Å². The first-order valence-corrected chi connectivity index (χ1v) is 12.0. The monoisotopic (exact) mass is 528 g/mol. The Morgan fingerprint density at radius 2 is 1.80 bits per heavy atom. The Labute approximate surface area is 203 Å². The fourth-order valence-corrected chi connectivity index (χ4v) is 5.24. The molecule has 4 rings (SSSR count). The minimum atomic E-state index is -4.70. The SMILES string of the molecule is O=C(Nc1ccc2c(c1)CN(S(=O)(=O)c1cccc(C(F)(F)F)c1)CCO2)c1c(F)cccc1Cl. The molecule has 1 aliphatic heterocycles. The number of halogens is 5. The number of nitrogens with one attached hydrogen (secondary N) is 1. The fourth-order valence-electron chi connectivity index (χ4n) is 3.54. The van der Waals surface area contributed by atoms with E-state index in [0.29, 0.717) is 17.4 Å². The van der Waals surface area contributed by atoms with Crippen LogP contribution in [0.1, 0.15) is 21.5 Å². The van der Waals surface area contributed by atoms with Gasteiger partial charge in [0.05, 0.1) is 21.0 Å². The second kappa shape index (κ2) is 9.48. The first kappa shape index (κ1) is 25.0. The maximum atomic E-state index is 14.1. The van der Waals surface area contributed by atoms with Gasteiger partial charge in [-0.2, -0.15) is 17.5 Å². The Bertz CT molecular complexity index is 1380. The molecule has 3 aromatic rings. The van der Waals surface area contributed by atoms with Crippen molar-refractivity contribution in [2.75, 3.05) is 18.5 Å². The number of nitrogens with zero attached hydrogens (tertiary/aromatic N) is 1. The Hall–Kier alpha value is -3.15. The lowest BCUT2D eigenvalue weighted by atomic mass is 10.1. The molecule has 12 heteroatoms. The maximum absolute atomic E-state index is 14.1. The first-order chi connectivity index (χ1) is 16.5. The zero-order chi connectivity index (χ0) is 25.4. The van der Waals surface area contributed by atoms with E-state index in [4.69, 9.17) is 16.3 Å². The molecule has 0 fully saturated rings. The molecule has 0 atom stereocenters. The fraction of sp³-hybridized carbons (Fsp3) is 0.174. The molecule has 0 spiro atoms. The van der Waals surface area contributed by atoms with Gasteiger partial charge in [-0.3, -0.25) is 4.79 Å². The lowest BCUT2D eigenvalue weighted by molar-refractivity contribution is -0.137. The summed E-state index contributed by atoms with van der Waals surface area (Å²) in [5, 5.41) is 2.42. The van der Waals surface area contributed by atoms with Crippen molar-refractivity contribution in [2.24, 2.45) is 0 Å². The molecular formula is C23H17ClF4N2O4S. The van der Waals surface area contributed by atoms with Gasteiger partial charge in [-0.15, -0.1) is 0 Å². The minimum Gasteiger partial charge on any atom is -0.492 e. The van der Waals surface area contributed by atoms with Gasteiger partial charge in [-0.1, -0.05) is 23.7 Å². The molecule has 35 heavy (non-hydrogen) atoms. The van der Waals surface area contributed by atoms with Crippen LogP contribution in [0.2, 0.25) is 5.02 Å². The summed E-state index contributed by atoms with van der Waals surface area (Å²) < 4.78 is 86.2. The van der Waals surface area contributed by atoms with E-state index >= 15 is 0 Å². The summed E-state index contributed by atoms with van der Waals surface area (Å²) in [5.74, 6) is -1.28. The van der Waals surface area contributed by atoms with Crippen LogP contribution < -0.4 is 10.1 Å². The summed E-state index contributed by atoms with van der Waals surface area (Å²) in [6.07, 6.45) is -4.70. The van der Waals surface area contributed by atoms with Crippen molar-refractivity contribution in [2.45, 2.75) is 17.6 Å². The topological polar surface area (TPSA) is 75.7 Å². The van der Waals surface area contributed by atoms with Gasteiger partial charge in [-0.25, -0.2) is 12.8 Å². The quantitative estimate of drug-likeness (QED) is 0.464. The van der Waals surface area contributed by atoms with Gasteiger partial charge >= 0.3 is 6.18 Å². The number of anilines is 1. The number of amides is 1. The van der Waals surface area contributed by atoms with E-state index in [1.807, 2.05) is 0 Å². The van der Waals surface area contributed by atoms with Gasteiger partial charge in [0.25, 0.3) is 5.91 Å². The van der Waals surface area contributed by atoms with Crippen molar-refractivity contribution in [3.63, 3.8) is 0 Å². The van der Waals surface area contributed by atoms with Gasteiger partial charge in [-0.05, 0) is 48.5 Å². The minimum absolute atomic E-state index is 0.0399. The highest BCUT2D eigenvalue weighted by Crippen LogP contribution is 2.33. The summed E-state index contributed by atoms with van der Waals surface area (Å²) in [5.41, 5.74) is -0.860. The second-order valence-electron chi connectivity index (χ2n) is 7.59. The van der Waals surface area contributed by atoms with Crippen LogP contribution in [0.15, 0.2) is 65.6 Å². The van der Waals surface area contributed by atoms with Crippen molar-refractivity contribution in [3.05, 3.63) is 88.2 Å². The Morgan fingerprint density at radius 3 is 2.51 bits per heavy atom. The Balaban J connectivity index is 1.61. The van der Waals surface area contributed by atoms with Crippen LogP contribution in [0.3, 0.4) is 0 Å². The number of carbonyl (C=O) groups is 1. The van der Waals surface area contributed by atoms with Gasteiger partial charge in [0.1, 0.15) is 18.2 Å². The number of hydrogen-bond donors (Lipinski definition) is 1. The van der Waals surface area contributed by atoms with Crippen molar-refractivity contribution in [1.82, 2.24) is 4.31 Å². The molecule has 6 nitrogen and oxygen atoms in total. The zero-order valence-corrected chi connectivity index (χ0v) is 19.3. The van der Waals surface area contributed by atoms with E-state index in [2.05, 4.69) is 5.32 Å². The molecule has 0 bridgehead atoms. The van der Waals surface area contributed by atoms with Gasteiger partial charge in [0.15, 0.2) is 0 Å². The normalized spacial score (nSPS) is 14.5. The Kier molecular flexibility index (Phi) is 6.76. The molecule has 0 saturated carbocycles. The van der Waals surface area contributed by atoms with E-state index in [-0.39, 0.29) is 36.0 Å². The van der Waals surface area contributed by atoms with Crippen LogP contribution in [0.25, 0.3) is 0 Å². The highest BCUT2D eigenvalue weighted by molar-refractivity contribution is 7.89. The number of hydrogen-bond acceptors (Lipinski definition) is 4. The summed E-state index contributed by atoms with van der Waals surface area (Å²) in [6, 6.07) is 11.7. The van der Waals surface area contributed by atoms with Crippen LogP contribution in [-0.2, 0) is 22.7 Å². The number of sulfonamides is 1. The molecule has 0 aromatic heterocycles. The predicted octanol–water partition coefficient (Wildman–Crippen LogP) is 5.33. The molecule has 3 aromatic carbocycles. The summed E-state index contributed by atoms with van der Waals surface area (Å²) >= 11 is 5.93. The third kappa shape index (κ3) is 5.26. The molecule has 184 valence electrons. The highest BCUT2D eigenvalue weighted by Gasteiger charge is 2.34. The molecule has 1 N–H and O–H groups in total. The van der Waals surface area contributed by atoms with Crippen LogP contribution in [-0.4, -0.2) is 31.8 Å². The number of fused-ring (bicyclic) bond motifs is 1. The molecule has 1 heterocycles. The van der Waals surface area contributed by atoms with Crippen molar-refractivity contribution in [1.29, 1.82) is 0 Å². The second-order valence-corrected chi connectivity index (χ2v) is 9.93. The van der Waals surface area contributed by atoms with E-state index in [1.165, 1.54) is 30.3 Å². The van der Waals surface area contributed by atoms with E-state index in [9.17, 15) is 30.8 Å². The zero-order valence-electron chi connectivity index (χ0n) is 17.8. The third-order valence-electron chi connectivity index (χ3n) is 5.25. The van der Waals surface area contributed by atoms with Crippen LogP contribution >= 0.6 is 11.6 Å². The van der Waals surface area contributed by atoms with E-state index in [0.717, 1.165) is 28.6 Å². The molecule has 0 saturated heterocycles. The molecule has 0 aliphatic carbocycles. The molecule has 0 unspecified atom stereocenters. The number of alkyl halides is 3. The number of ether oxygens (including phenoxy) is 1. The van der Waals surface area contributed by atoms with Crippen LogP contribution in [0.4, 0.5) is 23.2 Å². The van der Waals surface area contributed by atoms with Gasteiger partial charge in [0.2, 0.25) is 10.0 Å². The number of carbonyl (C=O) groups excluding carboxylic acids is 1. The summed E-state index contributed by atoms with van der Waals surface area (Å²) in [4.78, 5) is 12.0. The molecule has 1 aliphatic rings. The lowest BCUT2D eigenvalue weighted by Crippen LogP contribution is -2.32. The smallest absolute Gasteiger partial charge is 0.416 e. The number of benzene rings is 3. The third-order valence-corrected chi connectivity index (χ3v) is 7.41. The highest BCUT2D eigenvalue weighted by atomic mass is 35.5. The van der Waals surface area contributed by atoms with Crippen molar-refractivity contribution in [3.8, 4) is 5.75 Å². The standard InChI is InChI=1S/C23H17ClF4N2O4S/c24-18-5-2-6-19(25)21(18)22(31)29-16-7-8-20-14(11-16)13-30(9-10-34-20)35(32,33)17-4-1-3-15(12-17)23(26,27)28/h1-8,11-12H,9-10,13H2,(H,29,31). The number of rotatable bonds is 4. The van der Waals surface area contributed by atoms with Gasteiger partial charge in [0, 0.05) is 24.3 Å². The molecular weight excluding hydrogens is 512 g/mol. The summed E-state index contributed by atoms with van der Waals surface area (Å²) in [7, 11) is -4.30. The molecule has 1 amide bonds. The first-order valence-electron chi connectivity index (χ1n) is 10.2. The van der Waals surface area contributed by atoms with Crippen LogP contribution in [0.5, 0.6) is 5.75 Å². The van der Waals surface area contributed by atoms with Crippen molar-refractivity contribution < 1.29 is 35.5 Å². The largest absolute Gasteiger partial charge is 0.492 e. The summed E-state index contributed by atoms with van der Waals surface area (Å²) in [6.45, 7) is -0.375. The van der Waals surface area contributed by atoms with Crippen LogP contribution in [0, 0.1) is 5.82 Å². The Morgan fingerprint density at radius 1 is 1.06 bits per heavy atom. The van der Waals surface area contributed by atoms with Gasteiger partial charge < -0.3 is 10.1 Å².